The number of hydrogen-bond acceptors (Lipinski definition) is 6. The molecule has 304 valence electrons. The Morgan fingerprint density at radius 2 is 0.766 bits per heavy atom. The molecule has 0 aliphatic heterocycles. The van der Waals surface area contributed by atoms with Gasteiger partial charge in [0.25, 0.3) is 0 Å². The van der Waals surface area contributed by atoms with Gasteiger partial charge in [-0.1, -0.05) is 212 Å². The molecular formula is C58H42N6. The van der Waals surface area contributed by atoms with Crippen molar-refractivity contribution in [2.45, 2.75) is 25.2 Å². The lowest BCUT2D eigenvalue weighted by molar-refractivity contribution is 0.692. The van der Waals surface area contributed by atoms with E-state index < -0.39 is 5.41 Å². The van der Waals surface area contributed by atoms with Crippen LogP contribution in [0.15, 0.2) is 212 Å². The zero-order valence-corrected chi connectivity index (χ0v) is 35.3. The van der Waals surface area contributed by atoms with E-state index in [1.165, 1.54) is 16.7 Å². The number of benzene rings is 8. The van der Waals surface area contributed by atoms with Crippen LogP contribution in [0.1, 0.15) is 47.0 Å². The van der Waals surface area contributed by atoms with E-state index in [0.717, 1.165) is 68.1 Å². The Morgan fingerprint density at radius 1 is 0.344 bits per heavy atom. The summed E-state index contributed by atoms with van der Waals surface area (Å²) in [6, 6.07) is 71.6. The van der Waals surface area contributed by atoms with Crippen molar-refractivity contribution in [3.63, 3.8) is 0 Å². The first-order valence-corrected chi connectivity index (χ1v) is 21.8. The van der Waals surface area contributed by atoms with Crippen LogP contribution in [-0.2, 0) is 11.8 Å². The van der Waals surface area contributed by atoms with Crippen molar-refractivity contribution in [3.05, 3.63) is 246 Å². The van der Waals surface area contributed by atoms with Gasteiger partial charge in [0.05, 0.1) is 0 Å². The third-order valence-electron chi connectivity index (χ3n) is 12.5. The fourth-order valence-corrected chi connectivity index (χ4v) is 8.98. The van der Waals surface area contributed by atoms with Crippen LogP contribution in [-0.4, -0.2) is 29.9 Å². The molecule has 64 heavy (non-hydrogen) atoms. The summed E-state index contributed by atoms with van der Waals surface area (Å²) in [6.07, 6.45) is 4.22. The van der Waals surface area contributed by atoms with Crippen LogP contribution in [0.3, 0.4) is 0 Å². The summed E-state index contributed by atoms with van der Waals surface area (Å²) in [7, 11) is 0. The van der Waals surface area contributed by atoms with Crippen LogP contribution in [0.5, 0.6) is 0 Å². The fraction of sp³-hybridized carbons (Fsp3) is 0.0690. The van der Waals surface area contributed by atoms with Gasteiger partial charge in [0, 0.05) is 38.8 Å². The molecule has 0 saturated carbocycles. The first-order valence-electron chi connectivity index (χ1n) is 21.8. The molecule has 11 rings (SSSR count). The lowest BCUT2D eigenvalue weighted by atomic mass is 9.71. The Morgan fingerprint density at radius 3 is 1.36 bits per heavy atom. The van der Waals surface area contributed by atoms with E-state index in [1.807, 2.05) is 48.5 Å². The molecule has 0 saturated heterocycles. The highest BCUT2D eigenvalue weighted by Crippen LogP contribution is 2.41. The molecule has 0 amide bonds. The maximum Gasteiger partial charge on any atom is 0.164 e. The van der Waals surface area contributed by atoms with Crippen molar-refractivity contribution >= 4 is 16.3 Å². The van der Waals surface area contributed by atoms with Crippen molar-refractivity contribution < 1.29 is 0 Å². The van der Waals surface area contributed by atoms with Crippen molar-refractivity contribution in [1.29, 1.82) is 0 Å². The van der Waals surface area contributed by atoms with Gasteiger partial charge < -0.3 is 0 Å². The molecule has 0 fully saturated rings. The van der Waals surface area contributed by atoms with Gasteiger partial charge >= 0.3 is 0 Å². The van der Waals surface area contributed by atoms with Gasteiger partial charge in [0.15, 0.2) is 34.9 Å². The van der Waals surface area contributed by atoms with E-state index in [4.69, 9.17) is 29.9 Å². The van der Waals surface area contributed by atoms with Crippen LogP contribution in [0, 0.1) is 0 Å². The summed E-state index contributed by atoms with van der Waals surface area (Å²) in [5, 5.41) is 2.24. The van der Waals surface area contributed by atoms with Crippen LogP contribution in [0.2, 0.25) is 0 Å². The molecule has 1 aliphatic rings. The molecule has 2 heterocycles. The molecule has 0 bridgehead atoms. The minimum Gasteiger partial charge on any atom is -0.208 e. The van der Waals surface area contributed by atoms with E-state index in [2.05, 4.69) is 171 Å². The molecule has 8 aromatic carbocycles. The lowest BCUT2D eigenvalue weighted by Gasteiger charge is -2.32. The smallest absolute Gasteiger partial charge is 0.164 e. The predicted octanol–water partition coefficient (Wildman–Crippen LogP) is 13.3. The second-order valence-electron chi connectivity index (χ2n) is 16.3. The minimum atomic E-state index is -0.503. The highest BCUT2D eigenvalue weighted by atomic mass is 15.0. The molecule has 0 N–H and O–H groups in total. The Kier molecular flexibility index (Phi) is 10.0. The van der Waals surface area contributed by atoms with Crippen molar-refractivity contribution in [1.82, 2.24) is 29.9 Å². The topological polar surface area (TPSA) is 77.3 Å². The van der Waals surface area contributed by atoms with Crippen LogP contribution in [0.4, 0.5) is 0 Å². The summed E-state index contributed by atoms with van der Waals surface area (Å²) in [5.41, 5.74) is 11.2. The van der Waals surface area contributed by atoms with Crippen molar-refractivity contribution in [3.8, 4) is 56.9 Å². The van der Waals surface area contributed by atoms with Gasteiger partial charge in [-0.15, -0.1) is 0 Å². The lowest BCUT2D eigenvalue weighted by Crippen LogP contribution is -2.25. The Hall–Kier alpha value is -8.22. The Balaban J connectivity index is 0.985. The summed E-state index contributed by atoms with van der Waals surface area (Å²) in [4.78, 5) is 30.5. The van der Waals surface area contributed by atoms with E-state index >= 15 is 0 Å². The second kappa shape index (κ2) is 16.6. The largest absolute Gasteiger partial charge is 0.208 e. The highest BCUT2D eigenvalue weighted by molar-refractivity contribution is 5.95. The number of aromatic nitrogens is 6. The van der Waals surface area contributed by atoms with Gasteiger partial charge in [0.1, 0.15) is 0 Å². The molecule has 0 radical (unpaired) electrons. The van der Waals surface area contributed by atoms with Crippen LogP contribution >= 0.6 is 0 Å². The number of allylic oxidation sites excluding steroid dienone is 1. The third-order valence-corrected chi connectivity index (χ3v) is 12.5. The van der Waals surface area contributed by atoms with Gasteiger partial charge in [-0.05, 0) is 58.4 Å². The van der Waals surface area contributed by atoms with Gasteiger partial charge in [-0.3, -0.25) is 0 Å². The number of aryl methyl sites for hydroxylation is 1. The summed E-state index contributed by atoms with van der Waals surface area (Å²) in [5.74, 6) is 3.87. The average molecular weight is 823 g/mol. The molecule has 10 aromatic rings. The van der Waals surface area contributed by atoms with Crippen LogP contribution in [0.25, 0.3) is 73.3 Å². The molecular weight excluding hydrogens is 781 g/mol. The van der Waals surface area contributed by atoms with Crippen molar-refractivity contribution in [2.75, 3.05) is 0 Å². The van der Waals surface area contributed by atoms with E-state index in [-0.39, 0.29) is 0 Å². The minimum absolute atomic E-state index is 0.503. The summed E-state index contributed by atoms with van der Waals surface area (Å²) >= 11 is 0. The number of hydrogen-bond donors (Lipinski definition) is 0. The quantitative estimate of drug-likeness (QED) is 0.135. The highest BCUT2D eigenvalue weighted by Gasteiger charge is 2.31. The van der Waals surface area contributed by atoms with Gasteiger partial charge in [-0.25, -0.2) is 29.9 Å². The van der Waals surface area contributed by atoms with Gasteiger partial charge in [-0.2, -0.15) is 0 Å². The standard InChI is InChI=1S/C58H42N6/c1-58(45-25-9-4-10-26-45,46-35-31-43(32-36-46)54-59-52(41-19-5-2-6-20-41)61-56(63-54)50-29-15-23-39-17-11-13-27-48(39)50)47-37-33-44(34-38-47)55-60-53(42-21-7-3-8-22-42)62-57(64-55)51-30-16-24-40-18-12-14-28-49(40)51/h2-15,17-23,25-38H,16,24H2,1H3. The zero-order chi connectivity index (χ0) is 42.9. The predicted molar refractivity (Wildman–Crippen MR) is 258 cm³/mol. The molecule has 0 spiro atoms. The molecule has 1 aliphatic carbocycles. The zero-order valence-electron chi connectivity index (χ0n) is 35.3. The maximum absolute atomic E-state index is 5.16. The first-order chi connectivity index (χ1) is 31.6. The molecule has 1 unspecified atom stereocenters. The molecule has 2 aromatic heterocycles. The summed E-state index contributed by atoms with van der Waals surface area (Å²) in [6.45, 7) is 2.29. The SMILES string of the molecule is CC(c1ccccc1)(c1ccc(-c2nc(C3=CCCc4ccccc43)nc(-c3ccccc3)n2)cc1)c1ccc(-c2nc(-c3ccccc3)nc(-c3cccc4ccccc34)n2)cc1. The Labute approximate surface area is 372 Å². The first kappa shape index (κ1) is 38.7. The van der Waals surface area contributed by atoms with E-state index in [1.54, 1.807) is 0 Å². The van der Waals surface area contributed by atoms with Crippen LogP contribution < -0.4 is 0 Å². The maximum atomic E-state index is 5.16. The number of nitrogens with zero attached hydrogens (tertiary/aromatic N) is 6. The monoisotopic (exact) mass is 822 g/mol. The molecule has 6 heteroatoms. The molecule has 1 atom stereocenters. The number of fused-ring (bicyclic) bond motifs is 2. The van der Waals surface area contributed by atoms with E-state index in [0.29, 0.717) is 34.9 Å². The number of rotatable bonds is 9. The average Bonchev–Trinajstić information content (AvgIpc) is 3.38. The van der Waals surface area contributed by atoms with Gasteiger partial charge in [0.2, 0.25) is 0 Å². The molecule has 6 nitrogen and oxygen atoms in total. The second-order valence-corrected chi connectivity index (χ2v) is 16.3. The summed E-state index contributed by atoms with van der Waals surface area (Å²) < 4.78 is 0. The Bertz CT molecular complexity index is 3310. The van der Waals surface area contributed by atoms with Crippen molar-refractivity contribution in [2.24, 2.45) is 0 Å². The normalized spacial score (nSPS) is 13.2. The third kappa shape index (κ3) is 7.25. The van der Waals surface area contributed by atoms with E-state index in [9.17, 15) is 0 Å². The fourth-order valence-electron chi connectivity index (χ4n) is 8.98.